The summed E-state index contributed by atoms with van der Waals surface area (Å²) in [7, 11) is 0. The van der Waals surface area contributed by atoms with Crippen molar-refractivity contribution in [2.45, 2.75) is 13.3 Å². The third kappa shape index (κ3) is 3.38. The summed E-state index contributed by atoms with van der Waals surface area (Å²) in [5.41, 5.74) is 1.94. The molecule has 3 nitrogen and oxygen atoms in total. The minimum atomic E-state index is 0.241. The summed E-state index contributed by atoms with van der Waals surface area (Å²) in [6.07, 6.45) is 1.13. The van der Waals surface area contributed by atoms with E-state index in [0.717, 1.165) is 43.7 Å². The zero-order valence-corrected chi connectivity index (χ0v) is 10.4. The van der Waals surface area contributed by atoms with E-state index >= 15 is 0 Å². The van der Waals surface area contributed by atoms with Gasteiger partial charge in [0.15, 0.2) is 5.78 Å². The minimum absolute atomic E-state index is 0.241. The van der Waals surface area contributed by atoms with Crippen molar-refractivity contribution in [1.82, 2.24) is 10.2 Å². The molecular formula is C14H20N2O. The smallest absolute Gasteiger partial charge is 0.177 e. The van der Waals surface area contributed by atoms with Crippen LogP contribution in [0, 0.1) is 6.92 Å². The second-order valence-corrected chi connectivity index (χ2v) is 4.62. The van der Waals surface area contributed by atoms with E-state index in [9.17, 15) is 4.79 Å². The minimum Gasteiger partial charge on any atom is -0.315 e. The number of nitrogens with one attached hydrogen (secondary N) is 1. The van der Waals surface area contributed by atoms with Crippen LogP contribution in [-0.4, -0.2) is 43.4 Å². The number of Topliss-reactive ketones (excluding diaryl/α,β-unsaturated/α-hetero) is 1. The van der Waals surface area contributed by atoms with E-state index in [2.05, 4.69) is 10.2 Å². The van der Waals surface area contributed by atoms with Gasteiger partial charge in [0, 0.05) is 18.7 Å². The molecule has 2 rings (SSSR count). The fraction of sp³-hybridized carbons (Fsp3) is 0.500. The second-order valence-electron chi connectivity index (χ2n) is 4.62. The van der Waals surface area contributed by atoms with Crippen LogP contribution in [0.5, 0.6) is 0 Å². The third-order valence-electron chi connectivity index (χ3n) is 3.25. The summed E-state index contributed by atoms with van der Waals surface area (Å²) in [6.45, 7) is 6.59. The maximum absolute atomic E-state index is 12.2. The molecule has 0 atom stereocenters. The zero-order chi connectivity index (χ0) is 12.1. The SMILES string of the molecule is Cc1ccccc1C(=O)CN1CCCNCC1. The highest BCUT2D eigenvalue weighted by atomic mass is 16.1. The van der Waals surface area contributed by atoms with Gasteiger partial charge in [-0.25, -0.2) is 0 Å². The Balaban J connectivity index is 1.98. The van der Waals surface area contributed by atoms with Crippen molar-refractivity contribution in [3.05, 3.63) is 35.4 Å². The average molecular weight is 232 g/mol. The quantitative estimate of drug-likeness (QED) is 0.801. The van der Waals surface area contributed by atoms with Gasteiger partial charge in [-0.3, -0.25) is 9.69 Å². The molecule has 1 heterocycles. The molecule has 1 aliphatic heterocycles. The number of carbonyl (C=O) groups excluding carboxylic acids is 1. The Labute approximate surface area is 103 Å². The lowest BCUT2D eigenvalue weighted by Gasteiger charge is -2.18. The summed E-state index contributed by atoms with van der Waals surface area (Å²) in [4.78, 5) is 14.4. The number of hydrogen-bond acceptors (Lipinski definition) is 3. The van der Waals surface area contributed by atoms with Crippen LogP contribution >= 0.6 is 0 Å². The molecule has 0 aromatic heterocycles. The molecule has 1 aromatic carbocycles. The third-order valence-corrected chi connectivity index (χ3v) is 3.25. The molecule has 1 N–H and O–H groups in total. The first-order chi connectivity index (χ1) is 8.27. The monoisotopic (exact) mass is 232 g/mol. The largest absolute Gasteiger partial charge is 0.315 e. The first-order valence-corrected chi connectivity index (χ1v) is 6.29. The van der Waals surface area contributed by atoms with E-state index in [1.807, 2.05) is 31.2 Å². The Hall–Kier alpha value is -1.19. The Morgan fingerprint density at radius 2 is 2.12 bits per heavy atom. The van der Waals surface area contributed by atoms with Crippen molar-refractivity contribution in [2.24, 2.45) is 0 Å². The Kier molecular flexibility index (Phi) is 4.29. The fourth-order valence-corrected chi connectivity index (χ4v) is 2.23. The number of hydrogen-bond donors (Lipinski definition) is 1. The highest BCUT2D eigenvalue weighted by Crippen LogP contribution is 2.09. The van der Waals surface area contributed by atoms with E-state index in [0.29, 0.717) is 6.54 Å². The van der Waals surface area contributed by atoms with Gasteiger partial charge in [0.2, 0.25) is 0 Å². The van der Waals surface area contributed by atoms with Gasteiger partial charge < -0.3 is 5.32 Å². The van der Waals surface area contributed by atoms with Crippen molar-refractivity contribution in [2.75, 3.05) is 32.7 Å². The predicted molar refractivity (Wildman–Crippen MR) is 69.4 cm³/mol. The fourth-order valence-electron chi connectivity index (χ4n) is 2.23. The number of carbonyl (C=O) groups is 1. The first-order valence-electron chi connectivity index (χ1n) is 6.29. The normalized spacial score (nSPS) is 17.7. The highest BCUT2D eigenvalue weighted by molar-refractivity contribution is 5.98. The van der Waals surface area contributed by atoms with Crippen molar-refractivity contribution in [3.63, 3.8) is 0 Å². The Morgan fingerprint density at radius 1 is 1.29 bits per heavy atom. The van der Waals surface area contributed by atoms with Crippen LogP contribution < -0.4 is 5.32 Å². The molecular weight excluding hydrogens is 212 g/mol. The lowest BCUT2D eigenvalue weighted by molar-refractivity contribution is 0.0934. The summed E-state index contributed by atoms with van der Waals surface area (Å²) in [5, 5.41) is 3.35. The zero-order valence-electron chi connectivity index (χ0n) is 10.4. The molecule has 0 radical (unpaired) electrons. The van der Waals surface area contributed by atoms with Crippen LogP contribution in [-0.2, 0) is 0 Å². The predicted octanol–water partition coefficient (Wildman–Crippen LogP) is 1.47. The van der Waals surface area contributed by atoms with Gasteiger partial charge >= 0.3 is 0 Å². The van der Waals surface area contributed by atoms with Crippen LogP contribution in [0.3, 0.4) is 0 Å². The van der Waals surface area contributed by atoms with Crippen LogP contribution in [0.2, 0.25) is 0 Å². The Morgan fingerprint density at radius 3 is 2.94 bits per heavy atom. The second kappa shape index (κ2) is 5.94. The number of aryl methyl sites for hydroxylation is 1. The molecule has 0 saturated carbocycles. The molecule has 1 aromatic rings. The number of rotatable bonds is 3. The van der Waals surface area contributed by atoms with Crippen molar-refractivity contribution >= 4 is 5.78 Å². The maximum atomic E-state index is 12.2. The molecule has 0 unspecified atom stereocenters. The first kappa shape index (κ1) is 12.3. The Bertz CT molecular complexity index is 382. The highest BCUT2D eigenvalue weighted by Gasteiger charge is 2.14. The van der Waals surface area contributed by atoms with E-state index in [1.54, 1.807) is 0 Å². The topological polar surface area (TPSA) is 32.3 Å². The maximum Gasteiger partial charge on any atom is 0.177 e. The molecule has 0 aliphatic carbocycles. The van der Waals surface area contributed by atoms with Crippen LogP contribution in [0.4, 0.5) is 0 Å². The van der Waals surface area contributed by atoms with Gasteiger partial charge in [0.25, 0.3) is 0 Å². The number of nitrogens with zero attached hydrogens (tertiary/aromatic N) is 1. The molecule has 1 fully saturated rings. The summed E-state index contributed by atoms with van der Waals surface area (Å²) in [5.74, 6) is 0.241. The summed E-state index contributed by atoms with van der Waals surface area (Å²) < 4.78 is 0. The molecule has 92 valence electrons. The molecule has 0 spiro atoms. The van der Waals surface area contributed by atoms with Gasteiger partial charge in [-0.05, 0) is 32.0 Å². The van der Waals surface area contributed by atoms with Crippen LogP contribution in [0.1, 0.15) is 22.3 Å². The lowest BCUT2D eigenvalue weighted by Crippen LogP contribution is -2.33. The molecule has 17 heavy (non-hydrogen) atoms. The van der Waals surface area contributed by atoms with Crippen LogP contribution in [0.25, 0.3) is 0 Å². The lowest BCUT2D eigenvalue weighted by atomic mass is 10.0. The number of ketones is 1. The van der Waals surface area contributed by atoms with Gasteiger partial charge in [0.1, 0.15) is 0 Å². The van der Waals surface area contributed by atoms with E-state index < -0.39 is 0 Å². The van der Waals surface area contributed by atoms with Gasteiger partial charge in [-0.2, -0.15) is 0 Å². The van der Waals surface area contributed by atoms with Crippen molar-refractivity contribution in [3.8, 4) is 0 Å². The average Bonchev–Trinajstić information content (AvgIpc) is 2.58. The van der Waals surface area contributed by atoms with Gasteiger partial charge in [-0.1, -0.05) is 24.3 Å². The molecule has 3 heteroatoms. The molecule has 1 saturated heterocycles. The van der Waals surface area contributed by atoms with Gasteiger partial charge in [-0.15, -0.1) is 0 Å². The standard InChI is InChI=1S/C14H20N2O/c1-12-5-2-3-6-13(12)14(17)11-16-9-4-7-15-8-10-16/h2-3,5-6,15H,4,7-11H2,1H3. The van der Waals surface area contributed by atoms with Gasteiger partial charge in [0.05, 0.1) is 6.54 Å². The van der Waals surface area contributed by atoms with Crippen LogP contribution in [0.15, 0.2) is 24.3 Å². The number of benzene rings is 1. The van der Waals surface area contributed by atoms with E-state index in [1.165, 1.54) is 0 Å². The molecule has 0 bridgehead atoms. The summed E-state index contributed by atoms with van der Waals surface area (Å²) in [6, 6.07) is 7.83. The molecule has 1 aliphatic rings. The summed E-state index contributed by atoms with van der Waals surface area (Å²) >= 11 is 0. The van der Waals surface area contributed by atoms with E-state index in [-0.39, 0.29) is 5.78 Å². The molecule has 0 amide bonds. The van der Waals surface area contributed by atoms with Crippen molar-refractivity contribution in [1.29, 1.82) is 0 Å². The van der Waals surface area contributed by atoms with E-state index in [4.69, 9.17) is 0 Å². The van der Waals surface area contributed by atoms with Crippen molar-refractivity contribution < 1.29 is 4.79 Å².